The third-order valence-corrected chi connectivity index (χ3v) is 3.37. The molecule has 0 aromatic rings. The van der Waals surface area contributed by atoms with E-state index in [9.17, 15) is 9.59 Å². The van der Waals surface area contributed by atoms with Gasteiger partial charge in [0.05, 0.1) is 5.92 Å². The lowest BCUT2D eigenvalue weighted by molar-refractivity contribution is -0.143. The first-order chi connectivity index (χ1) is 8.60. The standard InChI is InChI=1S/C13H24N2O3/c1-3-7-14(8-4-2)13(18)15-9-5-11(6-10-15)12(16)17/h11H,3-10H2,1-2H3,(H,16,17). The average Bonchev–Trinajstić information content (AvgIpc) is 2.38. The number of carbonyl (C=O) groups excluding carboxylic acids is 1. The lowest BCUT2D eigenvalue weighted by Crippen LogP contribution is -2.47. The molecule has 0 aromatic carbocycles. The van der Waals surface area contributed by atoms with Crippen LogP contribution in [-0.2, 0) is 4.79 Å². The molecule has 1 aliphatic rings. The first-order valence-electron chi connectivity index (χ1n) is 6.86. The van der Waals surface area contributed by atoms with Gasteiger partial charge < -0.3 is 14.9 Å². The Hall–Kier alpha value is -1.26. The third-order valence-electron chi connectivity index (χ3n) is 3.37. The van der Waals surface area contributed by atoms with Crippen molar-refractivity contribution in [3.63, 3.8) is 0 Å². The van der Waals surface area contributed by atoms with Crippen LogP contribution in [0.3, 0.4) is 0 Å². The van der Waals surface area contributed by atoms with Crippen molar-refractivity contribution in [2.45, 2.75) is 39.5 Å². The predicted octanol–water partition coefficient (Wildman–Crippen LogP) is 2.03. The van der Waals surface area contributed by atoms with Crippen LogP contribution >= 0.6 is 0 Å². The molecule has 1 rings (SSSR count). The van der Waals surface area contributed by atoms with E-state index in [0.29, 0.717) is 25.9 Å². The van der Waals surface area contributed by atoms with E-state index >= 15 is 0 Å². The molecule has 0 aromatic heterocycles. The number of aliphatic carboxylic acids is 1. The smallest absolute Gasteiger partial charge is 0.319 e. The molecule has 18 heavy (non-hydrogen) atoms. The number of carbonyl (C=O) groups is 2. The second kappa shape index (κ2) is 7.24. The molecule has 0 radical (unpaired) electrons. The Labute approximate surface area is 109 Å². The molecule has 1 fully saturated rings. The first kappa shape index (κ1) is 14.8. The highest BCUT2D eigenvalue weighted by Crippen LogP contribution is 2.18. The fraction of sp³-hybridized carbons (Fsp3) is 0.846. The number of piperidine rings is 1. The zero-order chi connectivity index (χ0) is 13.5. The van der Waals surface area contributed by atoms with E-state index in [1.54, 1.807) is 4.90 Å². The van der Waals surface area contributed by atoms with Gasteiger partial charge in [-0.1, -0.05) is 13.8 Å². The topological polar surface area (TPSA) is 60.9 Å². The van der Waals surface area contributed by atoms with E-state index in [-0.39, 0.29) is 11.9 Å². The van der Waals surface area contributed by atoms with E-state index in [0.717, 1.165) is 25.9 Å². The maximum absolute atomic E-state index is 12.3. The molecule has 1 saturated heterocycles. The number of hydrogen-bond donors (Lipinski definition) is 1. The number of likely N-dealkylation sites (tertiary alicyclic amines) is 1. The Morgan fingerprint density at radius 3 is 2.06 bits per heavy atom. The molecule has 5 heteroatoms. The van der Waals surface area contributed by atoms with Crippen LogP contribution in [0.25, 0.3) is 0 Å². The minimum atomic E-state index is -0.735. The fourth-order valence-electron chi connectivity index (χ4n) is 2.36. The molecule has 0 atom stereocenters. The summed E-state index contributed by atoms with van der Waals surface area (Å²) in [7, 11) is 0. The first-order valence-corrected chi connectivity index (χ1v) is 6.86. The van der Waals surface area contributed by atoms with E-state index in [2.05, 4.69) is 13.8 Å². The molecule has 0 aliphatic carbocycles. The molecule has 2 amide bonds. The second-order valence-electron chi connectivity index (χ2n) is 4.87. The number of urea groups is 1. The van der Waals surface area contributed by atoms with Crippen LogP contribution in [0.4, 0.5) is 4.79 Å². The van der Waals surface area contributed by atoms with Gasteiger partial charge in [0.25, 0.3) is 0 Å². The van der Waals surface area contributed by atoms with Gasteiger partial charge in [-0.25, -0.2) is 4.79 Å². The lowest BCUT2D eigenvalue weighted by atomic mass is 9.97. The zero-order valence-corrected chi connectivity index (χ0v) is 11.4. The Kier molecular flexibility index (Phi) is 5.95. The SMILES string of the molecule is CCCN(CCC)C(=O)N1CCC(C(=O)O)CC1. The summed E-state index contributed by atoms with van der Waals surface area (Å²) in [6.45, 7) is 6.83. The van der Waals surface area contributed by atoms with Gasteiger partial charge in [0.1, 0.15) is 0 Å². The van der Waals surface area contributed by atoms with Gasteiger partial charge in [0.15, 0.2) is 0 Å². The molecule has 0 unspecified atom stereocenters. The molecule has 1 aliphatic heterocycles. The van der Waals surface area contributed by atoms with Crippen LogP contribution in [0.2, 0.25) is 0 Å². The van der Waals surface area contributed by atoms with Gasteiger partial charge in [0.2, 0.25) is 0 Å². The molecular formula is C13H24N2O3. The highest BCUT2D eigenvalue weighted by molar-refractivity contribution is 5.75. The molecule has 5 nitrogen and oxygen atoms in total. The van der Waals surface area contributed by atoms with Gasteiger partial charge in [0, 0.05) is 26.2 Å². The minimum absolute atomic E-state index is 0.0718. The van der Waals surface area contributed by atoms with E-state index in [4.69, 9.17) is 5.11 Å². The van der Waals surface area contributed by atoms with Crippen LogP contribution < -0.4 is 0 Å². The summed E-state index contributed by atoms with van der Waals surface area (Å²) in [5.41, 5.74) is 0. The molecule has 0 bridgehead atoms. The van der Waals surface area contributed by atoms with E-state index in [1.807, 2.05) is 4.90 Å². The highest BCUT2D eigenvalue weighted by atomic mass is 16.4. The maximum atomic E-state index is 12.3. The summed E-state index contributed by atoms with van der Waals surface area (Å²) in [6, 6.07) is 0.0718. The van der Waals surface area contributed by atoms with Crippen LogP contribution in [0.5, 0.6) is 0 Å². The maximum Gasteiger partial charge on any atom is 0.319 e. The highest BCUT2D eigenvalue weighted by Gasteiger charge is 2.28. The number of nitrogens with zero attached hydrogens (tertiary/aromatic N) is 2. The number of carboxylic acids is 1. The molecule has 104 valence electrons. The number of carboxylic acid groups (broad SMARTS) is 1. The Morgan fingerprint density at radius 1 is 1.17 bits per heavy atom. The summed E-state index contributed by atoms with van der Waals surface area (Å²) in [6.07, 6.45) is 3.06. The predicted molar refractivity (Wildman–Crippen MR) is 69.5 cm³/mol. The largest absolute Gasteiger partial charge is 0.481 e. The van der Waals surface area contributed by atoms with Crippen LogP contribution in [0.15, 0.2) is 0 Å². The average molecular weight is 256 g/mol. The van der Waals surface area contributed by atoms with Crippen molar-refractivity contribution >= 4 is 12.0 Å². The fourth-order valence-corrected chi connectivity index (χ4v) is 2.36. The Balaban J connectivity index is 2.49. The Bertz CT molecular complexity index is 280. The summed E-state index contributed by atoms with van der Waals surface area (Å²) < 4.78 is 0. The number of hydrogen-bond acceptors (Lipinski definition) is 2. The normalized spacial score (nSPS) is 16.7. The van der Waals surface area contributed by atoms with Gasteiger partial charge in [-0.15, -0.1) is 0 Å². The summed E-state index contributed by atoms with van der Waals surface area (Å²) in [4.78, 5) is 26.8. The van der Waals surface area contributed by atoms with E-state index in [1.165, 1.54) is 0 Å². The van der Waals surface area contributed by atoms with Crippen molar-refractivity contribution < 1.29 is 14.7 Å². The third kappa shape index (κ3) is 3.89. The monoisotopic (exact) mass is 256 g/mol. The van der Waals surface area contributed by atoms with Crippen molar-refractivity contribution in [1.29, 1.82) is 0 Å². The van der Waals surface area contributed by atoms with Gasteiger partial charge in [-0.05, 0) is 25.7 Å². The zero-order valence-electron chi connectivity index (χ0n) is 11.4. The van der Waals surface area contributed by atoms with Crippen molar-refractivity contribution in [2.75, 3.05) is 26.2 Å². The van der Waals surface area contributed by atoms with Crippen LogP contribution in [-0.4, -0.2) is 53.1 Å². The van der Waals surface area contributed by atoms with Gasteiger partial charge in [-0.3, -0.25) is 4.79 Å². The van der Waals surface area contributed by atoms with Gasteiger partial charge >= 0.3 is 12.0 Å². The number of rotatable bonds is 5. The lowest BCUT2D eigenvalue weighted by Gasteiger charge is -2.34. The molecule has 1 heterocycles. The van der Waals surface area contributed by atoms with Crippen molar-refractivity contribution in [2.24, 2.45) is 5.92 Å². The number of amides is 2. The molecule has 1 N–H and O–H groups in total. The summed E-state index contributed by atoms with van der Waals surface area (Å²) in [5.74, 6) is -1.01. The van der Waals surface area contributed by atoms with Crippen LogP contribution in [0, 0.1) is 5.92 Å². The van der Waals surface area contributed by atoms with Crippen molar-refractivity contribution in [3.8, 4) is 0 Å². The van der Waals surface area contributed by atoms with Crippen LogP contribution in [0.1, 0.15) is 39.5 Å². The Morgan fingerprint density at radius 2 is 1.67 bits per heavy atom. The minimum Gasteiger partial charge on any atom is -0.481 e. The molecule has 0 spiro atoms. The summed E-state index contributed by atoms with van der Waals surface area (Å²) >= 11 is 0. The molecular weight excluding hydrogens is 232 g/mol. The summed E-state index contributed by atoms with van der Waals surface area (Å²) in [5, 5.41) is 8.93. The van der Waals surface area contributed by atoms with Crippen molar-refractivity contribution in [1.82, 2.24) is 9.80 Å². The van der Waals surface area contributed by atoms with Gasteiger partial charge in [-0.2, -0.15) is 0 Å². The second-order valence-corrected chi connectivity index (χ2v) is 4.87. The van der Waals surface area contributed by atoms with Crippen molar-refractivity contribution in [3.05, 3.63) is 0 Å². The molecule has 0 saturated carbocycles. The van der Waals surface area contributed by atoms with E-state index < -0.39 is 5.97 Å². The quantitative estimate of drug-likeness (QED) is 0.818.